The Morgan fingerprint density at radius 2 is 2.06 bits per heavy atom. The molecule has 0 unspecified atom stereocenters. The number of anilines is 1. The minimum absolute atomic E-state index is 0.216. The van der Waals surface area contributed by atoms with Crippen molar-refractivity contribution in [2.24, 2.45) is 0 Å². The first-order valence-corrected chi connectivity index (χ1v) is 6.79. The fourth-order valence-electron chi connectivity index (χ4n) is 1.72. The summed E-state index contributed by atoms with van der Waals surface area (Å²) in [5, 5.41) is 3.44. The minimum atomic E-state index is -4.07. The van der Waals surface area contributed by atoms with Crippen molar-refractivity contribution in [3.63, 3.8) is 0 Å². The van der Waals surface area contributed by atoms with Gasteiger partial charge >= 0.3 is 0 Å². The van der Waals surface area contributed by atoms with Crippen LogP contribution in [0.5, 0.6) is 0 Å². The summed E-state index contributed by atoms with van der Waals surface area (Å²) in [5.74, 6) is -0.575. The van der Waals surface area contributed by atoms with Gasteiger partial charge in [0.25, 0.3) is 10.1 Å². The van der Waals surface area contributed by atoms with Crippen LogP contribution in [0.1, 0.15) is 5.56 Å². The number of hydrogen-bond donors (Lipinski definition) is 3. The molecule has 0 amide bonds. The van der Waals surface area contributed by atoms with Gasteiger partial charge in [0.1, 0.15) is 5.88 Å². The van der Waals surface area contributed by atoms with E-state index in [1.807, 2.05) is 6.92 Å². The van der Waals surface area contributed by atoms with E-state index < -0.39 is 16.0 Å². The van der Waals surface area contributed by atoms with Gasteiger partial charge in [-0.25, -0.2) is 0 Å². The number of H-pyrrole nitrogens is 1. The highest BCUT2D eigenvalue weighted by Crippen LogP contribution is 2.18. The van der Waals surface area contributed by atoms with Crippen molar-refractivity contribution >= 4 is 26.7 Å². The number of aromatic amines is 1. The van der Waals surface area contributed by atoms with Gasteiger partial charge in [-0.1, -0.05) is 6.07 Å². The van der Waals surface area contributed by atoms with Crippen molar-refractivity contribution in [3.8, 4) is 0 Å². The van der Waals surface area contributed by atoms with E-state index in [0.29, 0.717) is 11.2 Å². The fourth-order valence-corrected chi connectivity index (χ4v) is 2.07. The lowest BCUT2D eigenvalue weighted by molar-refractivity contribution is 0.485. The molecule has 0 saturated heterocycles. The molecule has 2 rings (SSSR count). The maximum absolute atomic E-state index is 11.3. The summed E-state index contributed by atoms with van der Waals surface area (Å²) < 4.78 is 29.9. The Hall–Kier alpha value is -1.86. The van der Waals surface area contributed by atoms with Gasteiger partial charge < -0.3 is 10.3 Å². The lowest BCUT2D eigenvalue weighted by atomic mass is 10.1. The summed E-state index contributed by atoms with van der Waals surface area (Å²) in [4.78, 5) is 14.0. The van der Waals surface area contributed by atoms with E-state index in [2.05, 4.69) is 10.3 Å². The molecule has 2 aromatic rings. The zero-order chi connectivity index (χ0) is 13.3. The number of benzene rings is 1. The van der Waals surface area contributed by atoms with Gasteiger partial charge in [-0.05, 0) is 24.6 Å². The molecule has 3 N–H and O–H groups in total. The van der Waals surface area contributed by atoms with E-state index in [0.717, 1.165) is 10.9 Å². The van der Waals surface area contributed by atoms with E-state index in [9.17, 15) is 13.2 Å². The Bertz CT molecular complexity index is 749. The summed E-state index contributed by atoms with van der Waals surface area (Å²) in [6.07, 6.45) is 0. The predicted molar refractivity (Wildman–Crippen MR) is 69.3 cm³/mol. The van der Waals surface area contributed by atoms with Crippen LogP contribution in [0.2, 0.25) is 0 Å². The molecule has 1 heterocycles. The Kier molecular flexibility index (Phi) is 3.10. The standard InChI is InChI=1S/C11H12N2O4S/c1-7-4-11(14)13-10-5-8(2-3-9(7)10)12-6-18(15,16)17/h2-5,12H,6H2,1H3,(H,13,14)(H,15,16,17). The largest absolute Gasteiger partial charge is 0.370 e. The number of pyridine rings is 1. The number of hydrogen-bond acceptors (Lipinski definition) is 4. The summed E-state index contributed by atoms with van der Waals surface area (Å²) in [5.41, 5.74) is 1.74. The smallest absolute Gasteiger partial charge is 0.283 e. The second-order valence-corrected chi connectivity index (χ2v) is 5.43. The molecule has 1 aromatic carbocycles. The van der Waals surface area contributed by atoms with E-state index in [1.54, 1.807) is 18.2 Å². The molecule has 6 nitrogen and oxygen atoms in total. The van der Waals surface area contributed by atoms with Crippen molar-refractivity contribution < 1.29 is 13.0 Å². The van der Waals surface area contributed by atoms with Crippen LogP contribution in [0.3, 0.4) is 0 Å². The average molecular weight is 268 g/mol. The third-order valence-electron chi connectivity index (χ3n) is 2.51. The van der Waals surface area contributed by atoms with E-state index in [-0.39, 0.29) is 5.56 Å². The summed E-state index contributed by atoms with van der Waals surface area (Å²) in [6.45, 7) is 1.82. The number of rotatable bonds is 3. The first-order chi connectivity index (χ1) is 8.35. The number of aromatic nitrogens is 1. The summed E-state index contributed by atoms with van der Waals surface area (Å²) in [7, 11) is -4.07. The molecule has 0 aliphatic heterocycles. The Labute approximate surface area is 103 Å². The normalized spacial score (nSPS) is 11.7. The van der Waals surface area contributed by atoms with Gasteiger partial charge in [-0.3, -0.25) is 9.35 Å². The van der Waals surface area contributed by atoms with Gasteiger partial charge in [0.05, 0.1) is 5.52 Å². The van der Waals surface area contributed by atoms with Gasteiger partial charge in [0, 0.05) is 17.1 Å². The van der Waals surface area contributed by atoms with Crippen LogP contribution >= 0.6 is 0 Å². The number of nitrogens with one attached hydrogen (secondary N) is 2. The van der Waals surface area contributed by atoms with Gasteiger partial charge in [0.2, 0.25) is 5.56 Å². The molecule has 1 aromatic heterocycles. The maximum atomic E-state index is 11.3. The predicted octanol–water partition coefficient (Wildman–Crippen LogP) is 1.09. The molecule has 0 fully saturated rings. The summed E-state index contributed by atoms with van der Waals surface area (Å²) in [6, 6.07) is 6.56. The number of fused-ring (bicyclic) bond motifs is 1. The molecule has 0 aliphatic rings. The molecule has 96 valence electrons. The topological polar surface area (TPSA) is 99.3 Å². The first kappa shape index (κ1) is 12.6. The van der Waals surface area contributed by atoms with E-state index in [1.165, 1.54) is 6.07 Å². The fraction of sp³-hybridized carbons (Fsp3) is 0.182. The lowest BCUT2D eigenvalue weighted by Crippen LogP contribution is -2.13. The highest BCUT2D eigenvalue weighted by molar-refractivity contribution is 7.85. The molecule has 0 bridgehead atoms. The molecule has 0 aliphatic carbocycles. The summed E-state index contributed by atoms with van der Waals surface area (Å²) >= 11 is 0. The van der Waals surface area contributed by atoms with Gasteiger partial charge in [0.15, 0.2) is 0 Å². The molecule has 18 heavy (non-hydrogen) atoms. The van der Waals surface area contributed by atoms with Crippen molar-refractivity contribution in [2.75, 3.05) is 11.2 Å². The first-order valence-electron chi connectivity index (χ1n) is 5.18. The van der Waals surface area contributed by atoms with E-state index >= 15 is 0 Å². The van der Waals surface area contributed by atoms with Crippen LogP contribution in [0, 0.1) is 6.92 Å². The van der Waals surface area contributed by atoms with Crippen LogP contribution in [0.25, 0.3) is 10.9 Å². The third kappa shape index (κ3) is 2.88. The van der Waals surface area contributed by atoms with Crippen LogP contribution in [0.15, 0.2) is 29.1 Å². The maximum Gasteiger partial charge on any atom is 0.283 e. The molecule has 0 spiro atoms. The zero-order valence-electron chi connectivity index (χ0n) is 9.60. The van der Waals surface area contributed by atoms with Crippen molar-refractivity contribution in [1.82, 2.24) is 4.98 Å². The molecule has 0 saturated carbocycles. The molecule has 0 atom stereocenters. The molecule has 0 radical (unpaired) electrons. The highest BCUT2D eigenvalue weighted by atomic mass is 32.2. The van der Waals surface area contributed by atoms with Gasteiger partial charge in [-0.15, -0.1) is 0 Å². The number of aryl methyl sites for hydroxylation is 1. The Morgan fingerprint density at radius 3 is 2.72 bits per heavy atom. The van der Waals surface area contributed by atoms with Crippen LogP contribution in [0.4, 0.5) is 5.69 Å². The zero-order valence-corrected chi connectivity index (χ0v) is 10.4. The Balaban J connectivity index is 2.41. The second-order valence-electron chi connectivity index (χ2n) is 3.98. The molecule has 7 heteroatoms. The van der Waals surface area contributed by atoms with Crippen molar-refractivity contribution in [1.29, 1.82) is 0 Å². The Morgan fingerprint density at radius 1 is 1.33 bits per heavy atom. The SMILES string of the molecule is Cc1cc(=O)[nH]c2cc(NCS(=O)(=O)O)ccc12. The quantitative estimate of drug-likeness (QED) is 0.724. The van der Waals surface area contributed by atoms with Crippen molar-refractivity contribution in [3.05, 3.63) is 40.2 Å². The highest BCUT2D eigenvalue weighted by Gasteiger charge is 2.05. The van der Waals surface area contributed by atoms with Gasteiger partial charge in [-0.2, -0.15) is 8.42 Å². The van der Waals surface area contributed by atoms with E-state index in [4.69, 9.17) is 4.55 Å². The monoisotopic (exact) mass is 268 g/mol. The second kappa shape index (κ2) is 4.43. The third-order valence-corrected chi connectivity index (χ3v) is 3.02. The molecular formula is C11H12N2O4S. The van der Waals surface area contributed by atoms with Crippen LogP contribution < -0.4 is 10.9 Å². The lowest BCUT2D eigenvalue weighted by Gasteiger charge is -2.07. The minimum Gasteiger partial charge on any atom is -0.370 e. The van der Waals surface area contributed by atoms with Crippen LogP contribution in [-0.4, -0.2) is 23.8 Å². The average Bonchev–Trinajstić information content (AvgIpc) is 2.24. The van der Waals surface area contributed by atoms with Crippen molar-refractivity contribution in [2.45, 2.75) is 6.92 Å². The van der Waals surface area contributed by atoms with Crippen LogP contribution in [-0.2, 0) is 10.1 Å². The molecular weight excluding hydrogens is 256 g/mol.